The van der Waals surface area contributed by atoms with Crippen LogP contribution in [0.15, 0.2) is 0 Å². The van der Waals surface area contributed by atoms with Crippen molar-refractivity contribution < 1.29 is 5.11 Å². The van der Waals surface area contributed by atoms with Gasteiger partial charge >= 0.3 is 0 Å². The molecule has 0 aromatic heterocycles. The molecule has 2 nitrogen and oxygen atoms in total. The minimum atomic E-state index is -0.173. The maximum Gasteiger partial charge on any atom is 0.0603 e. The largest absolute Gasteiger partial charge is 0.393 e. The number of nitrogens with one attached hydrogen (secondary N) is 1. The zero-order valence-corrected chi connectivity index (χ0v) is 8.43. The van der Waals surface area contributed by atoms with Gasteiger partial charge in [0.05, 0.1) is 6.10 Å². The molecule has 2 atom stereocenters. The van der Waals surface area contributed by atoms with E-state index in [9.17, 15) is 5.11 Å². The molecular weight excluding hydrogens is 150 g/mol. The van der Waals surface area contributed by atoms with Crippen LogP contribution in [0.25, 0.3) is 0 Å². The van der Waals surface area contributed by atoms with Crippen molar-refractivity contribution in [3.63, 3.8) is 0 Å². The topological polar surface area (TPSA) is 32.3 Å². The number of aliphatic hydroxyl groups excluding tert-OH is 1. The number of hydrogen-bond acceptors (Lipinski definition) is 2. The van der Waals surface area contributed by atoms with Crippen LogP contribution in [-0.4, -0.2) is 23.8 Å². The lowest BCUT2D eigenvalue weighted by molar-refractivity contribution is 0.0481. The third kappa shape index (κ3) is 2.76. The van der Waals surface area contributed by atoms with Crippen LogP contribution in [0.3, 0.4) is 0 Å². The first-order valence-corrected chi connectivity index (χ1v) is 4.91. The molecule has 2 heteroatoms. The first-order chi connectivity index (χ1) is 5.50. The van der Waals surface area contributed by atoms with E-state index in [0.717, 1.165) is 13.0 Å². The van der Waals surface area contributed by atoms with E-state index in [1.807, 2.05) is 0 Å². The Morgan fingerprint density at radius 3 is 2.58 bits per heavy atom. The van der Waals surface area contributed by atoms with Crippen molar-refractivity contribution in [3.8, 4) is 0 Å². The third-order valence-electron chi connectivity index (χ3n) is 2.67. The average molecular weight is 171 g/mol. The van der Waals surface area contributed by atoms with Gasteiger partial charge in [-0.15, -0.1) is 0 Å². The summed E-state index contributed by atoms with van der Waals surface area (Å²) in [6.07, 6.45) is 3.23. The van der Waals surface area contributed by atoms with Crippen LogP contribution in [0.2, 0.25) is 0 Å². The Morgan fingerprint density at radius 2 is 2.17 bits per heavy atom. The lowest BCUT2D eigenvalue weighted by Crippen LogP contribution is -2.34. The number of aliphatic hydroxyl groups is 1. The SMILES string of the molecule is CC(C)(C)C(O)CC1CCCN1. The normalized spacial score (nSPS) is 27.5. The summed E-state index contributed by atoms with van der Waals surface area (Å²) in [6, 6.07) is 0.555. The molecule has 12 heavy (non-hydrogen) atoms. The highest BCUT2D eigenvalue weighted by Crippen LogP contribution is 2.24. The van der Waals surface area contributed by atoms with Crippen molar-refractivity contribution in [1.82, 2.24) is 5.32 Å². The molecule has 1 aliphatic rings. The molecule has 0 aromatic rings. The van der Waals surface area contributed by atoms with Gasteiger partial charge in [0, 0.05) is 6.04 Å². The molecule has 1 rings (SSSR count). The van der Waals surface area contributed by atoms with Gasteiger partial charge in [0.15, 0.2) is 0 Å². The summed E-state index contributed by atoms with van der Waals surface area (Å²) < 4.78 is 0. The Balaban J connectivity index is 2.30. The Kier molecular flexibility index (Phi) is 3.13. The second kappa shape index (κ2) is 3.75. The second-order valence-corrected chi connectivity index (χ2v) is 4.91. The minimum absolute atomic E-state index is 0.0320. The van der Waals surface area contributed by atoms with Crippen LogP contribution in [0, 0.1) is 5.41 Å². The number of hydrogen-bond donors (Lipinski definition) is 2. The van der Waals surface area contributed by atoms with Gasteiger partial charge < -0.3 is 10.4 Å². The fourth-order valence-electron chi connectivity index (χ4n) is 1.58. The van der Waals surface area contributed by atoms with E-state index in [-0.39, 0.29) is 11.5 Å². The maximum absolute atomic E-state index is 9.81. The molecule has 0 saturated carbocycles. The summed E-state index contributed by atoms with van der Waals surface area (Å²) >= 11 is 0. The standard InChI is InChI=1S/C10H21NO/c1-10(2,3)9(12)7-8-5-4-6-11-8/h8-9,11-12H,4-7H2,1-3H3. The highest BCUT2D eigenvalue weighted by atomic mass is 16.3. The Morgan fingerprint density at radius 1 is 1.50 bits per heavy atom. The summed E-state index contributed by atoms with van der Waals surface area (Å²) in [7, 11) is 0. The second-order valence-electron chi connectivity index (χ2n) is 4.91. The van der Waals surface area contributed by atoms with Gasteiger partial charge in [-0.3, -0.25) is 0 Å². The van der Waals surface area contributed by atoms with Gasteiger partial charge in [-0.25, -0.2) is 0 Å². The van der Waals surface area contributed by atoms with E-state index in [1.165, 1.54) is 12.8 Å². The highest BCUT2D eigenvalue weighted by molar-refractivity contribution is 4.82. The molecule has 2 N–H and O–H groups in total. The van der Waals surface area contributed by atoms with E-state index in [0.29, 0.717) is 6.04 Å². The predicted octanol–water partition coefficient (Wildman–Crippen LogP) is 1.54. The molecule has 1 aliphatic heterocycles. The summed E-state index contributed by atoms with van der Waals surface area (Å²) in [6.45, 7) is 7.40. The molecular formula is C10H21NO. The quantitative estimate of drug-likeness (QED) is 0.660. The van der Waals surface area contributed by atoms with Crippen LogP contribution < -0.4 is 5.32 Å². The Labute approximate surface area is 75.4 Å². The molecule has 0 bridgehead atoms. The third-order valence-corrected chi connectivity index (χ3v) is 2.67. The maximum atomic E-state index is 9.81. The zero-order valence-electron chi connectivity index (χ0n) is 8.43. The molecule has 1 fully saturated rings. The van der Waals surface area contributed by atoms with Gasteiger partial charge in [-0.1, -0.05) is 20.8 Å². The first kappa shape index (κ1) is 10.0. The van der Waals surface area contributed by atoms with Crippen LogP contribution in [-0.2, 0) is 0 Å². The van der Waals surface area contributed by atoms with Crippen molar-refractivity contribution in [2.45, 2.75) is 52.2 Å². The molecule has 0 radical (unpaired) electrons. The Hall–Kier alpha value is -0.0800. The van der Waals surface area contributed by atoms with Crippen LogP contribution in [0.5, 0.6) is 0 Å². The Bertz CT molecular complexity index is 133. The van der Waals surface area contributed by atoms with Crippen molar-refractivity contribution in [2.75, 3.05) is 6.54 Å². The smallest absolute Gasteiger partial charge is 0.0603 e. The molecule has 72 valence electrons. The molecule has 0 aliphatic carbocycles. The van der Waals surface area contributed by atoms with E-state index < -0.39 is 0 Å². The zero-order chi connectivity index (χ0) is 9.19. The van der Waals surface area contributed by atoms with E-state index >= 15 is 0 Å². The monoisotopic (exact) mass is 171 g/mol. The van der Waals surface area contributed by atoms with E-state index in [4.69, 9.17) is 0 Å². The van der Waals surface area contributed by atoms with Gasteiger partial charge in [-0.2, -0.15) is 0 Å². The lowest BCUT2D eigenvalue weighted by Gasteiger charge is -2.28. The highest BCUT2D eigenvalue weighted by Gasteiger charge is 2.26. The van der Waals surface area contributed by atoms with Crippen LogP contribution in [0.1, 0.15) is 40.0 Å². The van der Waals surface area contributed by atoms with Crippen molar-refractivity contribution in [2.24, 2.45) is 5.41 Å². The van der Waals surface area contributed by atoms with Crippen molar-refractivity contribution >= 4 is 0 Å². The summed E-state index contributed by atoms with van der Waals surface area (Å²) in [4.78, 5) is 0. The fraction of sp³-hybridized carbons (Fsp3) is 1.00. The molecule has 0 spiro atoms. The van der Waals surface area contributed by atoms with Gasteiger partial charge in [0.2, 0.25) is 0 Å². The summed E-state index contributed by atoms with van der Waals surface area (Å²) in [5.74, 6) is 0. The minimum Gasteiger partial charge on any atom is -0.393 e. The molecule has 0 amide bonds. The average Bonchev–Trinajstić information content (AvgIpc) is 2.37. The molecule has 1 saturated heterocycles. The van der Waals surface area contributed by atoms with Crippen LogP contribution in [0.4, 0.5) is 0 Å². The van der Waals surface area contributed by atoms with Crippen LogP contribution >= 0.6 is 0 Å². The first-order valence-electron chi connectivity index (χ1n) is 4.91. The summed E-state index contributed by atoms with van der Waals surface area (Å²) in [5, 5.41) is 13.2. The van der Waals surface area contributed by atoms with Crippen molar-refractivity contribution in [1.29, 1.82) is 0 Å². The molecule has 0 aromatic carbocycles. The van der Waals surface area contributed by atoms with Gasteiger partial charge in [0.1, 0.15) is 0 Å². The fourth-order valence-corrected chi connectivity index (χ4v) is 1.58. The molecule has 2 unspecified atom stereocenters. The van der Waals surface area contributed by atoms with Gasteiger partial charge in [0.25, 0.3) is 0 Å². The van der Waals surface area contributed by atoms with Crippen molar-refractivity contribution in [3.05, 3.63) is 0 Å². The van der Waals surface area contributed by atoms with Gasteiger partial charge in [-0.05, 0) is 31.2 Å². The lowest BCUT2D eigenvalue weighted by atomic mass is 9.85. The van der Waals surface area contributed by atoms with E-state index in [2.05, 4.69) is 26.1 Å². The number of rotatable bonds is 2. The summed E-state index contributed by atoms with van der Waals surface area (Å²) in [5.41, 5.74) is 0.0320. The van der Waals surface area contributed by atoms with E-state index in [1.54, 1.807) is 0 Å². The molecule has 1 heterocycles. The predicted molar refractivity (Wildman–Crippen MR) is 51.1 cm³/mol.